The van der Waals surface area contributed by atoms with Crippen LogP contribution >= 0.6 is 0 Å². The van der Waals surface area contributed by atoms with E-state index in [0.29, 0.717) is 42.5 Å². The van der Waals surface area contributed by atoms with E-state index in [1.54, 1.807) is 12.1 Å². The van der Waals surface area contributed by atoms with Crippen LogP contribution in [0.15, 0.2) is 59.7 Å². The van der Waals surface area contributed by atoms with Gasteiger partial charge in [0.25, 0.3) is 5.56 Å². The van der Waals surface area contributed by atoms with Gasteiger partial charge in [-0.15, -0.1) is 0 Å². The summed E-state index contributed by atoms with van der Waals surface area (Å²) in [5.41, 5.74) is 2.19. The Hall–Kier alpha value is -3.48. The molecule has 2 aromatic carbocycles. The first-order chi connectivity index (χ1) is 14.4. The highest BCUT2D eigenvalue weighted by Gasteiger charge is 2.08. The van der Waals surface area contributed by atoms with E-state index in [0.717, 1.165) is 5.56 Å². The lowest BCUT2D eigenvalue weighted by molar-refractivity contribution is -0.121. The molecule has 0 unspecified atom stereocenters. The van der Waals surface area contributed by atoms with Crippen molar-refractivity contribution in [3.05, 3.63) is 70.8 Å². The summed E-state index contributed by atoms with van der Waals surface area (Å²) in [6.07, 6.45) is 2.37. The summed E-state index contributed by atoms with van der Waals surface area (Å²) in [5.74, 6) is -0.235. The first-order valence-corrected chi connectivity index (χ1v) is 10.0. The van der Waals surface area contributed by atoms with Gasteiger partial charge >= 0.3 is 0 Å². The van der Waals surface area contributed by atoms with Crippen molar-refractivity contribution in [2.45, 2.75) is 39.8 Å². The average Bonchev–Trinajstić information content (AvgIpc) is 2.74. The molecule has 156 valence electrons. The zero-order valence-corrected chi connectivity index (χ0v) is 17.2. The highest BCUT2D eigenvalue weighted by molar-refractivity contribution is 5.92. The first-order valence-electron chi connectivity index (χ1n) is 10.0. The molecule has 0 bridgehead atoms. The van der Waals surface area contributed by atoms with Gasteiger partial charge in [-0.25, -0.2) is 4.98 Å². The number of fused-ring (bicyclic) bond motifs is 1. The number of benzene rings is 2. The van der Waals surface area contributed by atoms with E-state index in [2.05, 4.69) is 15.6 Å². The maximum atomic E-state index is 12.5. The minimum Gasteiger partial charge on any atom is -0.352 e. The SMILES string of the molecule is CC(C)C(=O)Nc1cccc(CNC(=O)CCCn2cnc3ccccc3c2=O)c1. The first kappa shape index (κ1) is 21.2. The predicted octanol–water partition coefficient (Wildman–Crippen LogP) is 3.09. The molecule has 1 heterocycles. The van der Waals surface area contributed by atoms with Gasteiger partial charge in [0.2, 0.25) is 11.8 Å². The number of aromatic nitrogens is 2. The van der Waals surface area contributed by atoms with Gasteiger partial charge in [-0.05, 0) is 36.2 Å². The molecule has 0 aliphatic carbocycles. The number of anilines is 1. The van der Waals surface area contributed by atoms with Crippen LogP contribution in [0.3, 0.4) is 0 Å². The zero-order valence-electron chi connectivity index (χ0n) is 17.2. The highest BCUT2D eigenvalue weighted by Crippen LogP contribution is 2.12. The molecular weight excluding hydrogens is 380 g/mol. The summed E-state index contributed by atoms with van der Waals surface area (Å²) in [6, 6.07) is 14.6. The van der Waals surface area contributed by atoms with Crippen LogP contribution in [0, 0.1) is 5.92 Å². The van der Waals surface area contributed by atoms with E-state index in [-0.39, 0.29) is 23.3 Å². The number of rotatable bonds is 8. The maximum Gasteiger partial charge on any atom is 0.261 e. The summed E-state index contributed by atoms with van der Waals surface area (Å²) in [6.45, 7) is 4.48. The van der Waals surface area contributed by atoms with E-state index >= 15 is 0 Å². The Bertz CT molecular complexity index is 1100. The molecule has 30 heavy (non-hydrogen) atoms. The predicted molar refractivity (Wildman–Crippen MR) is 117 cm³/mol. The van der Waals surface area contributed by atoms with Crippen molar-refractivity contribution < 1.29 is 9.59 Å². The standard InChI is InChI=1S/C23H26N4O3/c1-16(2)22(29)26-18-8-5-7-17(13-18)14-24-21(28)11-6-12-27-15-25-20-10-4-3-9-19(20)23(27)30/h3-5,7-10,13,15-16H,6,11-12,14H2,1-2H3,(H,24,28)(H,26,29). The Morgan fingerprint density at radius 2 is 1.90 bits per heavy atom. The largest absolute Gasteiger partial charge is 0.352 e. The molecule has 0 aliphatic heterocycles. The second kappa shape index (κ2) is 9.82. The number of aryl methyl sites for hydroxylation is 1. The Labute approximate surface area is 175 Å². The molecule has 2 amide bonds. The van der Waals surface area contributed by atoms with Crippen LogP contribution in [-0.2, 0) is 22.7 Å². The van der Waals surface area contributed by atoms with Gasteiger partial charge in [0.15, 0.2) is 0 Å². The monoisotopic (exact) mass is 406 g/mol. The molecule has 0 saturated heterocycles. The summed E-state index contributed by atoms with van der Waals surface area (Å²) in [4.78, 5) is 40.7. The molecular formula is C23H26N4O3. The van der Waals surface area contributed by atoms with Crippen LogP contribution < -0.4 is 16.2 Å². The summed E-state index contributed by atoms with van der Waals surface area (Å²) < 4.78 is 1.54. The molecule has 0 radical (unpaired) electrons. The second-order valence-corrected chi connectivity index (χ2v) is 7.48. The van der Waals surface area contributed by atoms with Gasteiger partial charge in [0.05, 0.1) is 17.2 Å². The quantitative estimate of drug-likeness (QED) is 0.601. The number of hydrogen-bond acceptors (Lipinski definition) is 4. The fourth-order valence-electron chi connectivity index (χ4n) is 3.01. The summed E-state index contributed by atoms with van der Waals surface area (Å²) in [5, 5.41) is 6.31. The number of carbonyl (C=O) groups excluding carboxylic acids is 2. The number of carbonyl (C=O) groups is 2. The van der Waals surface area contributed by atoms with E-state index in [4.69, 9.17) is 0 Å². The lowest BCUT2D eigenvalue weighted by Crippen LogP contribution is -2.25. The maximum absolute atomic E-state index is 12.5. The molecule has 0 spiro atoms. The molecule has 7 heteroatoms. The van der Waals surface area contributed by atoms with E-state index in [1.165, 1.54) is 10.9 Å². The van der Waals surface area contributed by atoms with Crippen LogP contribution in [0.4, 0.5) is 5.69 Å². The van der Waals surface area contributed by atoms with Gasteiger partial charge in [0, 0.05) is 31.1 Å². The van der Waals surface area contributed by atoms with Crippen LogP contribution in [0.2, 0.25) is 0 Å². The number of amides is 2. The minimum atomic E-state index is -0.0985. The smallest absolute Gasteiger partial charge is 0.261 e. The van der Waals surface area contributed by atoms with Crippen molar-refractivity contribution in [2.75, 3.05) is 5.32 Å². The van der Waals surface area contributed by atoms with Crippen molar-refractivity contribution in [3.63, 3.8) is 0 Å². The van der Waals surface area contributed by atoms with E-state index in [1.807, 2.05) is 50.2 Å². The van der Waals surface area contributed by atoms with Gasteiger partial charge in [-0.1, -0.05) is 38.1 Å². The lowest BCUT2D eigenvalue weighted by atomic mass is 10.1. The summed E-state index contributed by atoms with van der Waals surface area (Å²) >= 11 is 0. The number of para-hydroxylation sites is 1. The van der Waals surface area contributed by atoms with Crippen molar-refractivity contribution in [1.82, 2.24) is 14.9 Å². The van der Waals surface area contributed by atoms with Gasteiger partial charge < -0.3 is 10.6 Å². The van der Waals surface area contributed by atoms with Gasteiger partial charge in [-0.2, -0.15) is 0 Å². The topological polar surface area (TPSA) is 93.1 Å². The van der Waals surface area contributed by atoms with Crippen molar-refractivity contribution in [2.24, 2.45) is 5.92 Å². The Morgan fingerprint density at radius 1 is 1.10 bits per heavy atom. The van der Waals surface area contributed by atoms with Crippen molar-refractivity contribution in [3.8, 4) is 0 Å². The number of nitrogens with zero attached hydrogens (tertiary/aromatic N) is 2. The molecule has 0 atom stereocenters. The molecule has 3 rings (SSSR count). The molecule has 0 fully saturated rings. The Morgan fingerprint density at radius 3 is 2.70 bits per heavy atom. The molecule has 0 aliphatic rings. The third-order valence-corrected chi connectivity index (χ3v) is 4.74. The molecule has 3 aromatic rings. The normalized spacial score (nSPS) is 10.9. The number of nitrogens with one attached hydrogen (secondary N) is 2. The zero-order chi connectivity index (χ0) is 21.5. The molecule has 1 aromatic heterocycles. The van der Waals surface area contributed by atoms with E-state index in [9.17, 15) is 14.4 Å². The lowest BCUT2D eigenvalue weighted by Gasteiger charge is -2.10. The van der Waals surface area contributed by atoms with Crippen LogP contribution in [0.25, 0.3) is 10.9 Å². The number of hydrogen-bond donors (Lipinski definition) is 2. The molecule has 7 nitrogen and oxygen atoms in total. The fourth-order valence-corrected chi connectivity index (χ4v) is 3.01. The molecule has 2 N–H and O–H groups in total. The van der Waals surface area contributed by atoms with Gasteiger partial charge in [-0.3, -0.25) is 19.0 Å². The Kier molecular flexibility index (Phi) is 6.95. The van der Waals surface area contributed by atoms with Crippen LogP contribution in [0.5, 0.6) is 0 Å². The van der Waals surface area contributed by atoms with Crippen LogP contribution in [0.1, 0.15) is 32.3 Å². The fraction of sp³-hybridized carbons (Fsp3) is 0.304. The third kappa shape index (κ3) is 5.53. The third-order valence-electron chi connectivity index (χ3n) is 4.74. The van der Waals surface area contributed by atoms with Crippen molar-refractivity contribution >= 4 is 28.4 Å². The van der Waals surface area contributed by atoms with Gasteiger partial charge in [0.1, 0.15) is 0 Å². The minimum absolute atomic E-state index is 0.0467. The Balaban J connectivity index is 1.48. The second-order valence-electron chi connectivity index (χ2n) is 7.48. The van der Waals surface area contributed by atoms with E-state index < -0.39 is 0 Å². The van der Waals surface area contributed by atoms with Crippen LogP contribution in [-0.4, -0.2) is 21.4 Å². The summed E-state index contributed by atoms with van der Waals surface area (Å²) in [7, 11) is 0. The highest BCUT2D eigenvalue weighted by atomic mass is 16.2. The molecule has 0 saturated carbocycles. The average molecular weight is 406 g/mol. The van der Waals surface area contributed by atoms with Crippen molar-refractivity contribution in [1.29, 1.82) is 0 Å².